The van der Waals surface area contributed by atoms with Crippen molar-refractivity contribution in [2.75, 3.05) is 34.0 Å². The number of fused-ring (bicyclic) bond motifs is 5. The molecule has 4 aliphatic rings. The van der Waals surface area contributed by atoms with Gasteiger partial charge in [-0.25, -0.2) is 19.6 Å². The second kappa shape index (κ2) is 18.0. The van der Waals surface area contributed by atoms with Crippen molar-refractivity contribution >= 4 is 45.8 Å². The van der Waals surface area contributed by atoms with E-state index in [1.165, 1.54) is 14.2 Å². The zero-order valence-corrected chi connectivity index (χ0v) is 37.0. The molecule has 0 spiro atoms. The molecule has 1 aliphatic carbocycles. The zero-order chi connectivity index (χ0) is 44.6. The highest BCUT2D eigenvalue weighted by molar-refractivity contribution is 6.05. The smallest absolute Gasteiger partial charge is 0.407 e. The minimum atomic E-state index is -0.708. The molecule has 1 saturated carbocycles. The predicted molar refractivity (Wildman–Crippen MR) is 241 cm³/mol. The van der Waals surface area contributed by atoms with Crippen LogP contribution in [0, 0.1) is 29.6 Å². The Morgan fingerprint density at radius 2 is 1.66 bits per heavy atom. The molecule has 0 unspecified atom stereocenters. The van der Waals surface area contributed by atoms with Crippen molar-refractivity contribution < 1.29 is 33.4 Å². The van der Waals surface area contributed by atoms with Gasteiger partial charge in [-0.15, -0.1) is 5.92 Å². The molecule has 4 amide bonds. The highest BCUT2D eigenvalue weighted by Gasteiger charge is 2.52. The number of carbonyl (C=O) groups excluding carboxylic acids is 4. The number of aromatic amines is 2. The number of likely N-dealkylation sites (tertiary alicyclic amines) is 2. The number of ether oxygens (including phenoxy) is 3. The van der Waals surface area contributed by atoms with E-state index in [1.54, 1.807) is 0 Å². The van der Waals surface area contributed by atoms with Crippen molar-refractivity contribution in [2.45, 2.75) is 95.9 Å². The first-order valence-electron chi connectivity index (χ1n) is 22.5. The van der Waals surface area contributed by atoms with Crippen LogP contribution < -0.4 is 10.6 Å². The van der Waals surface area contributed by atoms with E-state index in [0.29, 0.717) is 32.6 Å². The number of H-pyrrole nitrogens is 2. The number of hydrogen-bond donors (Lipinski definition) is 4. The van der Waals surface area contributed by atoms with Crippen LogP contribution in [-0.2, 0) is 23.8 Å². The summed E-state index contributed by atoms with van der Waals surface area (Å²) in [5, 5.41) is 7.61. The Labute approximate surface area is 372 Å². The van der Waals surface area contributed by atoms with E-state index < -0.39 is 24.3 Å². The molecular weight excluding hydrogens is 813 g/mol. The van der Waals surface area contributed by atoms with E-state index in [9.17, 15) is 19.2 Å². The van der Waals surface area contributed by atoms with Gasteiger partial charge in [0.25, 0.3) is 0 Å². The summed E-state index contributed by atoms with van der Waals surface area (Å²) in [6.45, 7) is 7.33. The minimum absolute atomic E-state index is 0.0415. The van der Waals surface area contributed by atoms with Gasteiger partial charge in [-0.3, -0.25) is 9.59 Å². The fourth-order valence-corrected chi connectivity index (χ4v) is 10.6. The lowest BCUT2D eigenvalue weighted by Gasteiger charge is -2.39. The third kappa shape index (κ3) is 8.04. The van der Waals surface area contributed by atoms with Crippen LogP contribution in [0.5, 0.6) is 0 Å². The van der Waals surface area contributed by atoms with Crippen LogP contribution in [-0.4, -0.2) is 106 Å². The molecule has 3 aromatic carbocycles. The summed E-state index contributed by atoms with van der Waals surface area (Å²) < 4.78 is 15.3. The standard InChI is InChI=1S/C49H56N8O7/c1-6-8-29-24-32(38-26-50-45(52-38)43-33-10-14-34(25-33)57(43)47(59)41(55-49(61)63-5)28-18-21-64-22-19-28)12-15-35(29)30-11-16-36-31(23-30)13-17-37-42(36)53-44(51-37)39-9-7-20-56(39)46(58)40(27(2)3)54-48(60)62-4/h11-13,15-17,23-24,26-28,33-34,39-41,43H,7,9-10,14,18-22,25H2,1-5H3,(H,50,52)(H,51,53)(H,54,60)(H,55,61)/t33-,34+,39-,40-,41-,43-/m0/s1. The fourth-order valence-electron chi connectivity index (χ4n) is 10.6. The molecule has 4 fully saturated rings. The van der Waals surface area contributed by atoms with E-state index in [1.807, 2.05) is 42.8 Å². The SMILES string of the molecule is CC#Cc1cc(-c2cnc([C@@H]3[C@H]4CC[C@H](C4)N3C(=O)[C@@H](NC(=O)OC)C3CCOCC3)[nH]2)ccc1-c1ccc2c(ccc3[nH]c([C@@H]4CCCN4C(=O)[C@@H](NC(=O)OC)C(C)C)nc32)c1. The van der Waals surface area contributed by atoms with Gasteiger partial charge in [0.15, 0.2) is 0 Å². The summed E-state index contributed by atoms with van der Waals surface area (Å²) in [5.74, 6) is 7.80. The largest absolute Gasteiger partial charge is 0.453 e. The van der Waals surface area contributed by atoms with Crippen molar-refractivity contribution in [1.29, 1.82) is 0 Å². The van der Waals surface area contributed by atoms with Crippen molar-refractivity contribution in [1.82, 2.24) is 40.4 Å². The molecule has 5 heterocycles. The molecule has 64 heavy (non-hydrogen) atoms. The van der Waals surface area contributed by atoms with E-state index in [0.717, 1.165) is 93.5 Å². The molecule has 0 radical (unpaired) electrons. The van der Waals surface area contributed by atoms with Crippen molar-refractivity contribution in [2.24, 2.45) is 17.8 Å². The van der Waals surface area contributed by atoms with Gasteiger partial charge in [-0.2, -0.15) is 0 Å². The van der Waals surface area contributed by atoms with Crippen LogP contribution in [0.2, 0.25) is 0 Å². The molecule has 2 bridgehead atoms. The Hall–Kier alpha value is -6.40. The normalized spacial score (nSPS) is 21.8. The van der Waals surface area contributed by atoms with Gasteiger partial charge in [-0.1, -0.05) is 50.1 Å². The maximum absolute atomic E-state index is 14.5. The van der Waals surface area contributed by atoms with Crippen LogP contribution >= 0.6 is 0 Å². The Bertz CT molecular complexity index is 2650. The highest BCUT2D eigenvalue weighted by atomic mass is 16.5. The summed E-state index contributed by atoms with van der Waals surface area (Å²) >= 11 is 0. The number of nitrogens with zero attached hydrogens (tertiary/aromatic N) is 4. The van der Waals surface area contributed by atoms with Gasteiger partial charge in [-0.05, 0) is 104 Å². The molecule has 6 atom stereocenters. The lowest BCUT2D eigenvalue weighted by molar-refractivity contribution is -0.140. The Morgan fingerprint density at radius 1 is 0.875 bits per heavy atom. The zero-order valence-electron chi connectivity index (χ0n) is 37.0. The maximum Gasteiger partial charge on any atom is 0.407 e. The Morgan fingerprint density at radius 3 is 2.42 bits per heavy atom. The van der Waals surface area contributed by atoms with E-state index in [2.05, 4.69) is 74.9 Å². The van der Waals surface area contributed by atoms with Crippen LogP contribution in [0.3, 0.4) is 0 Å². The Kier molecular flexibility index (Phi) is 12.1. The number of hydrogen-bond acceptors (Lipinski definition) is 9. The van der Waals surface area contributed by atoms with Gasteiger partial charge in [0.2, 0.25) is 11.8 Å². The molecule has 3 aliphatic heterocycles. The van der Waals surface area contributed by atoms with Crippen molar-refractivity contribution in [3.63, 3.8) is 0 Å². The van der Waals surface area contributed by atoms with Crippen LogP contribution in [0.25, 0.3) is 44.2 Å². The fraction of sp³-hybridized carbons (Fsp3) is 0.469. The first-order valence-corrected chi connectivity index (χ1v) is 22.5. The monoisotopic (exact) mass is 868 g/mol. The first kappa shape index (κ1) is 42.9. The van der Waals surface area contributed by atoms with E-state index >= 15 is 0 Å². The molecule has 334 valence electrons. The number of nitrogens with one attached hydrogen (secondary N) is 4. The van der Waals surface area contributed by atoms with Crippen LogP contribution in [0.15, 0.2) is 54.7 Å². The minimum Gasteiger partial charge on any atom is -0.453 e. The Balaban J connectivity index is 0.969. The average molecular weight is 869 g/mol. The number of piperidine rings is 1. The lowest BCUT2D eigenvalue weighted by Crippen LogP contribution is -2.55. The lowest BCUT2D eigenvalue weighted by atomic mass is 9.89. The summed E-state index contributed by atoms with van der Waals surface area (Å²) in [6.07, 6.45) is 6.44. The van der Waals surface area contributed by atoms with Crippen LogP contribution in [0.4, 0.5) is 9.59 Å². The molecule has 2 aromatic heterocycles. The number of methoxy groups -OCH3 is 2. The summed E-state index contributed by atoms with van der Waals surface area (Å²) in [5.41, 5.74) is 6.36. The second-order valence-electron chi connectivity index (χ2n) is 17.9. The molecule has 15 nitrogen and oxygen atoms in total. The van der Waals surface area contributed by atoms with Gasteiger partial charge >= 0.3 is 12.2 Å². The van der Waals surface area contributed by atoms with Gasteiger partial charge < -0.3 is 44.6 Å². The van der Waals surface area contributed by atoms with E-state index in [4.69, 9.17) is 24.2 Å². The summed E-state index contributed by atoms with van der Waals surface area (Å²) in [4.78, 5) is 73.7. The third-order valence-electron chi connectivity index (χ3n) is 13.8. The molecule has 4 N–H and O–H groups in total. The van der Waals surface area contributed by atoms with Gasteiger partial charge in [0.1, 0.15) is 23.7 Å². The predicted octanol–water partition coefficient (Wildman–Crippen LogP) is 7.39. The highest BCUT2D eigenvalue weighted by Crippen LogP contribution is 2.50. The van der Waals surface area contributed by atoms with Gasteiger partial charge in [0.05, 0.1) is 49.2 Å². The number of benzene rings is 3. The first-order chi connectivity index (χ1) is 31.1. The maximum atomic E-state index is 14.5. The number of carbonyl (C=O) groups is 4. The molecule has 15 heteroatoms. The number of rotatable bonds is 10. The number of imidazole rings is 2. The van der Waals surface area contributed by atoms with Crippen molar-refractivity contribution in [3.8, 4) is 34.2 Å². The average Bonchev–Trinajstić information content (AvgIpc) is 4.18. The quantitative estimate of drug-likeness (QED) is 0.104. The van der Waals surface area contributed by atoms with Gasteiger partial charge in [0, 0.05) is 42.3 Å². The number of amides is 4. The van der Waals surface area contributed by atoms with Crippen LogP contribution in [0.1, 0.15) is 95.0 Å². The van der Waals surface area contributed by atoms with Crippen molar-refractivity contribution in [3.05, 3.63) is 71.9 Å². The third-order valence-corrected chi connectivity index (χ3v) is 13.8. The molecule has 5 aromatic rings. The molecule has 3 saturated heterocycles. The second-order valence-corrected chi connectivity index (χ2v) is 17.9. The summed E-state index contributed by atoms with van der Waals surface area (Å²) in [7, 11) is 2.61. The summed E-state index contributed by atoms with van der Waals surface area (Å²) in [6, 6.07) is 14.9. The molecule has 9 rings (SSSR count). The van der Waals surface area contributed by atoms with E-state index in [-0.39, 0.29) is 47.7 Å². The number of alkyl carbamates (subject to hydrolysis) is 2. The number of aromatic nitrogens is 4. The molecular formula is C49H56N8O7. The topological polar surface area (TPSA) is 184 Å².